The second-order valence-corrected chi connectivity index (χ2v) is 9.09. The molecule has 158 valence electrons. The maximum Gasteiger partial charge on any atom is 0.445 e. The van der Waals surface area contributed by atoms with Crippen LogP contribution in [0.4, 0.5) is 24.0 Å². The van der Waals surface area contributed by atoms with E-state index >= 15 is 0 Å². The fourth-order valence-corrected chi connectivity index (χ4v) is 4.57. The van der Waals surface area contributed by atoms with Gasteiger partial charge in [0.1, 0.15) is 4.90 Å². The smallest absolute Gasteiger partial charge is 0.296 e. The third-order valence-corrected chi connectivity index (χ3v) is 6.45. The Kier molecular flexibility index (Phi) is 6.22. The minimum atomic E-state index is -4.66. The van der Waals surface area contributed by atoms with Gasteiger partial charge in [-0.1, -0.05) is 34.5 Å². The molecule has 0 fully saturated rings. The van der Waals surface area contributed by atoms with Crippen molar-refractivity contribution >= 4 is 61.3 Å². The average molecular weight is 497 g/mol. The molecule has 1 aromatic heterocycles. The molecule has 7 nitrogen and oxygen atoms in total. The van der Waals surface area contributed by atoms with Crippen LogP contribution >= 0.6 is 34.5 Å². The lowest BCUT2D eigenvalue weighted by molar-refractivity contribution is -0.138. The quantitative estimate of drug-likeness (QED) is 0.522. The first-order valence-corrected chi connectivity index (χ1v) is 10.8. The van der Waals surface area contributed by atoms with Crippen LogP contribution in [0, 0.1) is 0 Å². The largest absolute Gasteiger partial charge is 0.445 e. The molecule has 3 rings (SSSR count). The van der Waals surface area contributed by atoms with E-state index in [0.29, 0.717) is 0 Å². The zero-order valence-corrected chi connectivity index (χ0v) is 17.5. The van der Waals surface area contributed by atoms with Crippen LogP contribution in [-0.2, 0) is 16.2 Å². The highest BCUT2D eigenvalue weighted by Gasteiger charge is 2.35. The highest BCUT2D eigenvalue weighted by atomic mass is 35.5. The topological polar surface area (TPSA) is 101 Å². The lowest BCUT2D eigenvalue weighted by Crippen LogP contribution is -2.14. The van der Waals surface area contributed by atoms with Crippen molar-refractivity contribution in [2.75, 3.05) is 10.0 Å². The van der Waals surface area contributed by atoms with Gasteiger partial charge in [0.05, 0.1) is 5.02 Å². The van der Waals surface area contributed by atoms with Crippen molar-refractivity contribution in [2.45, 2.75) is 11.1 Å². The van der Waals surface area contributed by atoms with Crippen LogP contribution in [-0.4, -0.2) is 24.5 Å². The number of alkyl halides is 3. The van der Waals surface area contributed by atoms with Gasteiger partial charge in [0.15, 0.2) is 0 Å². The lowest BCUT2D eigenvalue weighted by Gasteiger charge is -2.10. The number of halogens is 5. The van der Waals surface area contributed by atoms with E-state index in [1.165, 1.54) is 42.5 Å². The summed E-state index contributed by atoms with van der Waals surface area (Å²) in [5.41, 5.74) is 0.181. The molecule has 0 saturated heterocycles. The van der Waals surface area contributed by atoms with E-state index in [0.717, 1.165) is 0 Å². The second kappa shape index (κ2) is 8.38. The predicted molar refractivity (Wildman–Crippen MR) is 107 cm³/mol. The Bertz CT molecular complexity index is 1200. The molecule has 30 heavy (non-hydrogen) atoms. The van der Waals surface area contributed by atoms with E-state index in [2.05, 4.69) is 20.2 Å². The van der Waals surface area contributed by atoms with Gasteiger partial charge in [-0.2, -0.15) is 13.2 Å². The van der Waals surface area contributed by atoms with Gasteiger partial charge in [0, 0.05) is 16.3 Å². The van der Waals surface area contributed by atoms with Crippen molar-refractivity contribution < 1.29 is 26.4 Å². The monoisotopic (exact) mass is 496 g/mol. The number of hydrogen-bond donors (Lipinski definition) is 2. The number of benzene rings is 2. The molecule has 0 atom stereocenters. The summed E-state index contributed by atoms with van der Waals surface area (Å²) in [4.78, 5) is 11.9. The predicted octanol–water partition coefficient (Wildman–Crippen LogP) is 4.92. The summed E-state index contributed by atoms with van der Waals surface area (Å²) in [5.74, 6) is -0.743. The molecule has 0 bridgehead atoms. The highest BCUT2D eigenvalue weighted by Crippen LogP contribution is 2.33. The SMILES string of the molecule is O=C(Nc1nnc(C(F)(F)F)s1)c1ccc(NS(=O)(=O)c2cc(Cl)ccc2Cl)cc1. The Balaban J connectivity index is 1.72. The lowest BCUT2D eigenvalue weighted by atomic mass is 10.2. The van der Waals surface area contributed by atoms with Crippen LogP contribution in [0.25, 0.3) is 0 Å². The standard InChI is InChI=1S/C16H9Cl2F3N4O3S2/c17-9-3-6-11(18)12(7-9)30(27,28)25-10-4-1-8(2-5-10)13(26)22-15-24-23-14(29-15)16(19,20)21/h1-7,25H,(H,22,24,26). The summed E-state index contributed by atoms with van der Waals surface area (Å²) in [6, 6.07) is 9.11. The maximum absolute atomic E-state index is 12.5. The van der Waals surface area contributed by atoms with E-state index in [1.54, 1.807) is 0 Å². The first kappa shape index (κ1) is 22.3. The van der Waals surface area contributed by atoms with E-state index in [-0.39, 0.29) is 42.7 Å². The summed E-state index contributed by atoms with van der Waals surface area (Å²) >= 11 is 11.9. The fraction of sp³-hybridized carbons (Fsp3) is 0.0625. The van der Waals surface area contributed by atoms with Crippen molar-refractivity contribution in [3.63, 3.8) is 0 Å². The number of anilines is 2. The van der Waals surface area contributed by atoms with E-state index < -0.39 is 27.1 Å². The molecule has 0 radical (unpaired) electrons. The number of carbonyl (C=O) groups is 1. The van der Waals surface area contributed by atoms with Crippen molar-refractivity contribution in [3.05, 3.63) is 63.1 Å². The third kappa shape index (κ3) is 5.19. The summed E-state index contributed by atoms with van der Waals surface area (Å²) in [7, 11) is -4.05. The Labute approximate surface area is 181 Å². The van der Waals surface area contributed by atoms with Gasteiger partial charge in [-0.05, 0) is 42.5 Å². The van der Waals surface area contributed by atoms with Crippen LogP contribution in [0.5, 0.6) is 0 Å². The third-order valence-electron chi connectivity index (χ3n) is 3.47. The number of carbonyl (C=O) groups excluding carboxylic acids is 1. The first-order chi connectivity index (χ1) is 14.0. The summed E-state index contributed by atoms with van der Waals surface area (Å²) in [5, 5.41) is 7.05. The molecule has 1 heterocycles. The summed E-state index contributed by atoms with van der Waals surface area (Å²) in [6.07, 6.45) is -4.66. The Morgan fingerprint density at radius 1 is 1.03 bits per heavy atom. The van der Waals surface area contributed by atoms with Gasteiger partial charge in [-0.3, -0.25) is 14.8 Å². The van der Waals surface area contributed by atoms with Crippen molar-refractivity contribution in [1.29, 1.82) is 0 Å². The van der Waals surface area contributed by atoms with Gasteiger partial charge in [0.2, 0.25) is 10.1 Å². The van der Waals surface area contributed by atoms with Crippen LogP contribution in [0.2, 0.25) is 10.0 Å². The zero-order chi connectivity index (χ0) is 22.1. The highest BCUT2D eigenvalue weighted by molar-refractivity contribution is 7.92. The normalized spacial score (nSPS) is 11.9. The summed E-state index contributed by atoms with van der Waals surface area (Å²) in [6.45, 7) is 0. The van der Waals surface area contributed by atoms with Crippen molar-refractivity contribution in [2.24, 2.45) is 0 Å². The molecule has 2 N–H and O–H groups in total. The van der Waals surface area contributed by atoms with Crippen LogP contribution < -0.4 is 10.0 Å². The number of sulfonamides is 1. The molecule has 14 heteroatoms. The molecule has 0 aliphatic heterocycles. The number of rotatable bonds is 5. The molecule has 0 spiro atoms. The molecule has 2 aromatic carbocycles. The Morgan fingerprint density at radius 3 is 2.30 bits per heavy atom. The number of aromatic nitrogens is 2. The Morgan fingerprint density at radius 2 is 1.70 bits per heavy atom. The van der Waals surface area contributed by atoms with E-state index in [9.17, 15) is 26.4 Å². The van der Waals surface area contributed by atoms with E-state index in [1.807, 2.05) is 0 Å². The number of nitrogens with zero attached hydrogens (tertiary/aromatic N) is 2. The molecule has 0 aliphatic carbocycles. The zero-order valence-electron chi connectivity index (χ0n) is 14.4. The molecule has 0 saturated carbocycles. The number of nitrogens with one attached hydrogen (secondary N) is 2. The minimum absolute atomic E-state index is 0.0295. The molecular formula is C16H9Cl2F3N4O3S2. The molecule has 3 aromatic rings. The van der Waals surface area contributed by atoms with Gasteiger partial charge >= 0.3 is 6.18 Å². The average Bonchev–Trinajstić information content (AvgIpc) is 3.13. The second-order valence-electron chi connectivity index (χ2n) is 5.62. The molecule has 0 aliphatic rings. The van der Waals surface area contributed by atoms with Gasteiger partial charge in [0.25, 0.3) is 15.9 Å². The van der Waals surface area contributed by atoms with E-state index in [4.69, 9.17) is 23.2 Å². The molecule has 0 unspecified atom stereocenters. The summed E-state index contributed by atoms with van der Waals surface area (Å²) < 4.78 is 64.9. The fourth-order valence-electron chi connectivity index (χ4n) is 2.14. The van der Waals surface area contributed by atoms with Crippen LogP contribution in [0.1, 0.15) is 15.4 Å². The van der Waals surface area contributed by atoms with Crippen molar-refractivity contribution in [3.8, 4) is 0 Å². The van der Waals surface area contributed by atoms with Gasteiger partial charge in [-0.15, -0.1) is 10.2 Å². The minimum Gasteiger partial charge on any atom is -0.296 e. The Hall–Kier alpha value is -2.41. The maximum atomic E-state index is 12.5. The first-order valence-electron chi connectivity index (χ1n) is 7.76. The van der Waals surface area contributed by atoms with Gasteiger partial charge in [-0.25, -0.2) is 8.42 Å². The van der Waals surface area contributed by atoms with Gasteiger partial charge < -0.3 is 0 Å². The number of hydrogen-bond acceptors (Lipinski definition) is 6. The van der Waals surface area contributed by atoms with Crippen LogP contribution in [0.3, 0.4) is 0 Å². The molecular weight excluding hydrogens is 488 g/mol. The van der Waals surface area contributed by atoms with Crippen molar-refractivity contribution in [1.82, 2.24) is 10.2 Å². The van der Waals surface area contributed by atoms with Crippen LogP contribution in [0.15, 0.2) is 47.4 Å². The number of amides is 1. The molecule has 1 amide bonds.